The van der Waals surface area contributed by atoms with Gasteiger partial charge in [-0.3, -0.25) is 19.9 Å². The predicted molar refractivity (Wildman–Crippen MR) is 179 cm³/mol. The number of pyridine rings is 4. The third-order valence-corrected chi connectivity index (χ3v) is 6.20. The first kappa shape index (κ1) is 31.5. The van der Waals surface area contributed by atoms with Crippen LogP contribution in [0.5, 0.6) is 0 Å². The summed E-state index contributed by atoms with van der Waals surface area (Å²) >= 11 is 0.382. The van der Waals surface area contributed by atoms with E-state index in [1.54, 1.807) is 0 Å². The molecule has 8 aromatic rings. The zero-order chi connectivity index (χ0) is 30.0. The molecule has 4 aromatic carbocycles. The molecule has 0 fully saturated rings. The normalized spacial score (nSPS) is 9.81. The monoisotopic (exact) mass is 645 g/mol. The van der Waals surface area contributed by atoms with Gasteiger partial charge in [0.2, 0.25) is 0 Å². The van der Waals surface area contributed by atoms with Crippen LogP contribution >= 0.6 is 20.3 Å². The van der Waals surface area contributed by atoms with Crippen molar-refractivity contribution in [3.05, 3.63) is 171 Å². The van der Waals surface area contributed by atoms with Gasteiger partial charge in [0.05, 0.1) is 0 Å². The van der Waals surface area contributed by atoms with E-state index in [-0.39, 0.29) is 0 Å². The standard InChI is InChI=1S/4C9H7N.2ClH.Co/c4*1-2-4-9-7-10-6-5-8(9)3-1;;;/h4*1-7H;2*1H;/q;;;;;;+2/p-2. The number of fused-ring (bicyclic) bond motifs is 4. The van der Waals surface area contributed by atoms with Gasteiger partial charge in [0.15, 0.2) is 0 Å². The number of nitrogens with zero attached hydrogens (tertiary/aromatic N) is 4. The number of rotatable bonds is 0. The van der Waals surface area contributed by atoms with Crippen LogP contribution in [0.15, 0.2) is 171 Å². The Morgan fingerprint density at radius 3 is 0.674 bits per heavy atom. The van der Waals surface area contributed by atoms with Crippen LogP contribution in [0.2, 0.25) is 0 Å². The molecule has 4 heterocycles. The van der Waals surface area contributed by atoms with E-state index in [9.17, 15) is 0 Å². The van der Waals surface area contributed by atoms with Crippen LogP contribution in [0.1, 0.15) is 0 Å². The summed E-state index contributed by atoms with van der Waals surface area (Å²) in [7, 11) is 9.47. The van der Waals surface area contributed by atoms with Gasteiger partial charge in [-0.15, -0.1) is 0 Å². The molecule has 0 bridgehead atoms. The van der Waals surface area contributed by atoms with E-state index >= 15 is 0 Å². The number of benzene rings is 4. The van der Waals surface area contributed by atoms with Gasteiger partial charge in [0, 0.05) is 49.6 Å². The molecule has 43 heavy (non-hydrogen) atoms. The van der Waals surface area contributed by atoms with Gasteiger partial charge in [0.1, 0.15) is 0 Å². The van der Waals surface area contributed by atoms with Crippen LogP contribution in [0, 0.1) is 0 Å². The molecule has 0 aliphatic rings. The second kappa shape index (κ2) is 18.2. The van der Waals surface area contributed by atoms with E-state index in [2.05, 4.69) is 68.5 Å². The van der Waals surface area contributed by atoms with Gasteiger partial charge in [-0.1, -0.05) is 97.1 Å². The predicted octanol–water partition coefficient (Wildman–Crippen LogP) is 10.3. The maximum Gasteiger partial charge on any atom is 0.0346 e. The number of hydrogen-bond donors (Lipinski definition) is 0. The SMILES string of the molecule is [Cl][Co][Cl].c1ccc2cnccc2c1.c1ccc2cnccc2c1.c1ccc2cnccc2c1.c1ccc2cnccc2c1. The molecule has 4 nitrogen and oxygen atoms in total. The van der Waals surface area contributed by atoms with E-state index in [0.29, 0.717) is 12.9 Å². The first-order chi connectivity index (χ1) is 21.3. The molecule has 7 heteroatoms. The fourth-order valence-corrected chi connectivity index (χ4v) is 4.11. The zero-order valence-corrected chi connectivity index (χ0v) is 25.6. The number of halogens is 2. The number of aromatic nitrogens is 4. The minimum atomic E-state index is 0.382. The molecule has 0 atom stereocenters. The van der Waals surface area contributed by atoms with Crippen molar-refractivity contribution < 1.29 is 12.9 Å². The Hall–Kier alpha value is -4.39. The maximum absolute atomic E-state index is 4.73. The molecule has 0 N–H and O–H groups in total. The van der Waals surface area contributed by atoms with Crippen LogP contribution in [0.4, 0.5) is 0 Å². The van der Waals surface area contributed by atoms with Crippen molar-refractivity contribution in [2.75, 3.05) is 0 Å². The molecule has 8 rings (SSSR count). The van der Waals surface area contributed by atoms with Gasteiger partial charge in [-0.25, -0.2) is 0 Å². The second-order valence-corrected chi connectivity index (χ2v) is 10.7. The average molecular weight is 646 g/mol. The van der Waals surface area contributed by atoms with Crippen molar-refractivity contribution in [3.63, 3.8) is 0 Å². The summed E-state index contributed by atoms with van der Waals surface area (Å²) in [6.07, 6.45) is 14.7. The summed E-state index contributed by atoms with van der Waals surface area (Å²) in [5.74, 6) is 0. The van der Waals surface area contributed by atoms with E-state index in [4.69, 9.17) is 20.3 Å². The van der Waals surface area contributed by atoms with E-state index in [1.807, 2.05) is 122 Å². The van der Waals surface area contributed by atoms with Gasteiger partial charge in [-0.05, 0) is 67.4 Å². The molecule has 0 aliphatic heterocycles. The molecule has 0 unspecified atom stereocenters. The summed E-state index contributed by atoms with van der Waals surface area (Å²) < 4.78 is 0. The molecule has 0 amide bonds. The minimum absolute atomic E-state index is 0.382. The molecule has 0 saturated carbocycles. The van der Waals surface area contributed by atoms with Crippen LogP contribution < -0.4 is 0 Å². The second-order valence-electron chi connectivity index (χ2n) is 8.94. The first-order valence-electron chi connectivity index (χ1n) is 13.3. The molecule has 4 aromatic heterocycles. The molecule has 215 valence electrons. The fraction of sp³-hybridized carbons (Fsp3) is 0. The Bertz CT molecular complexity index is 1420. The van der Waals surface area contributed by atoms with Crippen LogP contribution in [-0.4, -0.2) is 19.9 Å². The van der Waals surface area contributed by atoms with E-state index < -0.39 is 0 Å². The minimum Gasteiger partial charge on any atom is -0.264 e. The van der Waals surface area contributed by atoms with Gasteiger partial charge < -0.3 is 0 Å². The summed E-state index contributed by atoms with van der Waals surface area (Å²) in [6.45, 7) is 0. The first-order valence-corrected chi connectivity index (χ1v) is 16.1. The maximum atomic E-state index is 4.73. The summed E-state index contributed by atoms with van der Waals surface area (Å²) in [5, 5.41) is 9.79. The van der Waals surface area contributed by atoms with Gasteiger partial charge >= 0.3 is 33.2 Å². The fourth-order valence-electron chi connectivity index (χ4n) is 4.11. The van der Waals surface area contributed by atoms with Crippen molar-refractivity contribution in [2.24, 2.45) is 0 Å². The molecular formula is C36H28Cl2CoN4. The van der Waals surface area contributed by atoms with Gasteiger partial charge in [-0.2, -0.15) is 0 Å². The Kier molecular flexibility index (Phi) is 13.4. The molecule has 0 spiro atoms. The summed E-state index contributed by atoms with van der Waals surface area (Å²) in [4.78, 5) is 16.1. The average Bonchev–Trinajstić information content (AvgIpc) is 3.10. The van der Waals surface area contributed by atoms with Crippen molar-refractivity contribution in [1.29, 1.82) is 0 Å². The Morgan fingerprint density at radius 2 is 0.488 bits per heavy atom. The van der Waals surface area contributed by atoms with Crippen molar-refractivity contribution in [2.45, 2.75) is 0 Å². The van der Waals surface area contributed by atoms with Crippen LogP contribution in [-0.2, 0) is 12.9 Å². The molecule has 0 radical (unpaired) electrons. The largest absolute Gasteiger partial charge is 0.264 e. The quantitative estimate of drug-likeness (QED) is 0.165. The van der Waals surface area contributed by atoms with Crippen molar-refractivity contribution in [1.82, 2.24) is 19.9 Å². The molecule has 0 saturated heterocycles. The third-order valence-electron chi connectivity index (χ3n) is 6.20. The smallest absolute Gasteiger partial charge is 0.0346 e. The Balaban J connectivity index is 0.000000127. The van der Waals surface area contributed by atoms with Crippen LogP contribution in [0.3, 0.4) is 0 Å². The Labute approximate surface area is 265 Å². The van der Waals surface area contributed by atoms with Crippen LogP contribution in [0.25, 0.3) is 43.1 Å². The zero-order valence-electron chi connectivity index (χ0n) is 23.0. The molecule has 0 aliphatic carbocycles. The van der Waals surface area contributed by atoms with E-state index in [1.165, 1.54) is 43.1 Å². The molecular weight excluding hydrogens is 618 g/mol. The summed E-state index contributed by atoms with van der Waals surface area (Å²) in [6, 6.07) is 40.8. The third kappa shape index (κ3) is 10.4. The Morgan fingerprint density at radius 1 is 0.302 bits per heavy atom. The summed E-state index contributed by atoms with van der Waals surface area (Å²) in [5.41, 5.74) is 0. The van der Waals surface area contributed by atoms with E-state index in [0.717, 1.165) is 0 Å². The number of hydrogen-bond acceptors (Lipinski definition) is 4. The van der Waals surface area contributed by atoms with Crippen molar-refractivity contribution >= 4 is 63.4 Å². The van der Waals surface area contributed by atoms with Crippen molar-refractivity contribution in [3.8, 4) is 0 Å². The van der Waals surface area contributed by atoms with Gasteiger partial charge in [0.25, 0.3) is 0 Å². The topological polar surface area (TPSA) is 51.6 Å².